The van der Waals surface area contributed by atoms with Gasteiger partial charge in [0.05, 0.1) is 5.69 Å². The first-order valence-corrected chi connectivity index (χ1v) is 8.47. The molecule has 0 radical (unpaired) electrons. The van der Waals surface area contributed by atoms with E-state index in [-0.39, 0.29) is 18.1 Å². The zero-order chi connectivity index (χ0) is 21.1. The van der Waals surface area contributed by atoms with Crippen LogP contribution in [0.2, 0.25) is 0 Å². The minimum Gasteiger partial charge on any atom is -0.483 e. The van der Waals surface area contributed by atoms with Gasteiger partial charge >= 0.3 is 12.1 Å². The van der Waals surface area contributed by atoms with Crippen LogP contribution in [-0.4, -0.2) is 31.6 Å². The average molecular weight is 464 g/mol. The molecule has 0 aliphatic heterocycles. The summed E-state index contributed by atoms with van der Waals surface area (Å²) < 4.78 is 53.8. The van der Waals surface area contributed by atoms with Crippen LogP contribution in [0.4, 0.5) is 17.6 Å². The quantitative estimate of drug-likeness (QED) is 0.580. The van der Waals surface area contributed by atoms with Crippen LogP contribution in [0.1, 0.15) is 17.0 Å². The lowest BCUT2D eigenvalue weighted by Gasteiger charge is -2.09. The Labute approximate surface area is 164 Å². The number of carboxylic acid groups (broad SMARTS) is 1. The average Bonchev–Trinajstić information content (AvgIpc) is 2.89. The van der Waals surface area contributed by atoms with Gasteiger partial charge in [0.15, 0.2) is 11.4 Å². The molecule has 3 aromatic rings. The number of pyridine rings is 2. The van der Waals surface area contributed by atoms with Gasteiger partial charge in [0.2, 0.25) is 0 Å². The van der Waals surface area contributed by atoms with E-state index in [0.717, 1.165) is 15.9 Å². The van der Waals surface area contributed by atoms with Crippen molar-refractivity contribution in [3.8, 4) is 5.75 Å². The Morgan fingerprint density at radius 3 is 2.57 bits per heavy atom. The summed E-state index contributed by atoms with van der Waals surface area (Å²) in [6.45, 7) is 3.94. The molecule has 0 fully saturated rings. The van der Waals surface area contributed by atoms with Gasteiger partial charge in [-0.1, -0.05) is 0 Å². The van der Waals surface area contributed by atoms with E-state index in [1.165, 1.54) is 6.07 Å². The van der Waals surface area contributed by atoms with E-state index in [1.54, 1.807) is 12.3 Å². The van der Waals surface area contributed by atoms with Crippen molar-refractivity contribution < 1.29 is 32.2 Å². The number of imidazole rings is 1. The maximum atomic E-state index is 13.6. The fraction of sp³-hybridized carbons (Fsp3) is 0.235. The van der Waals surface area contributed by atoms with Crippen molar-refractivity contribution in [3.63, 3.8) is 0 Å². The number of aliphatic carboxylic acids is 1. The number of ether oxygens (including phenoxy) is 1. The molecule has 0 aromatic carbocycles. The highest BCUT2D eigenvalue weighted by Gasteiger charge is 2.38. The molecule has 150 valence electrons. The lowest BCUT2D eigenvalue weighted by atomic mass is 10.3. The number of alkyl halides is 3. The van der Waals surface area contributed by atoms with Gasteiger partial charge in [0, 0.05) is 12.4 Å². The van der Waals surface area contributed by atoms with Crippen LogP contribution in [-0.2, 0) is 11.4 Å². The third kappa shape index (κ3) is 5.18. The highest BCUT2D eigenvalue weighted by Crippen LogP contribution is 2.27. The molecule has 3 heterocycles. The predicted molar refractivity (Wildman–Crippen MR) is 94.6 cm³/mol. The first kappa shape index (κ1) is 21.6. The van der Waals surface area contributed by atoms with Crippen LogP contribution in [0, 0.1) is 19.7 Å². The molecule has 0 atom stereocenters. The molecule has 1 N–H and O–H groups in total. The maximum absolute atomic E-state index is 13.6. The Kier molecular flexibility index (Phi) is 6.60. The molecule has 0 saturated heterocycles. The Bertz CT molecular complexity index is 1010. The first-order valence-electron chi connectivity index (χ1n) is 7.67. The summed E-state index contributed by atoms with van der Waals surface area (Å²) >= 11 is 3.50. The number of hydrogen-bond donors (Lipinski definition) is 1. The molecular formula is C17H14BrF4N3O3. The predicted octanol–water partition coefficient (Wildman–Crippen LogP) is 4.46. The highest BCUT2D eigenvalue weighted by molar-refractivity contribution is 9.10. The smallest absolute Gasteiger partial charge is 0.483 e. The van der Waals surface area contributed by atoms with Crippen molar-refractivity contribution in [1.29, 1.82) is 0 Å². The number of carboxylic acids is 1. The fourth-order valence-corrected chi connectivity index (χ4v) is 2.47. The van der Waals surface area contributed by atoms with E-state index in [4.69, 9.17) is 14.6 Å². The van der Waals surface area contributed by atoms with Crippen LogP contribution >= 0.6 is 15.9 Å². The van der Waals surface area contributed by atoms with Gasteiger partial charge in [-0.25, -0.2) is 14.2 Å². The molecule has 0 unspecified atom stereocenters. The highest BCUT2D eigenvalue weighted by atomic mass is 79.9. The summed E-state index contributed by atoms with van der Waals surface area (Å²) in [4.78, 5) is 17.3. The Hall–Kier alpha value is -2.69. The summed E-state index contributed by atoms with van der Waals surface area (Å²) in [5, 5.41) is 7.12. The second kappa shape index (κ2) is 8.55. The number of carbonyl (C=O) groups is 1. The van der Waals surface area contributed by atoms with Gasteiger partial charge < -0.3 is 9.84 Å². The summed E-state index contributed by atoms with van der Waals surface area (Å²) in [6, 6.07) is 4.81. The van der Waals surface area contributed by atoms with Gasteiger partial charge in [0.1, 0.15) is 22.7 Å². The van der Waals surface area contributed by atoms with Gasteiger partial charge in [-0.2, -0.15) is 13.2 Å². The van der Waals surface area contributed by atoms with Crippen molar-refractivity contribution in [1.82, 2.24) is 14.4 Å². The van der Waals surface area contributed by atoms with E-state index in [1.807, 2.05) is 30.5 Å². The molecule has 3 rings (SSSR count). The van der Waals surface area contributed by atoms with Crippen LogP contribution < -0.4 is 4.74 Å². The Balaban J connectivity index is 0.000000345. The van der Waals surface area contributed by atoms with Crippen LogP contribution in [0.3, 0.4) is 0 Å². The molecule has 6 nitrogen and oxygen atoms in total. The molecule has 28 heavy (non-hydrogen) atoms. The minimum atomic E-state index is -5.08. The van der Waals surface area contributed by atoms with E-state index >= 15 is 0 Å². The summed E-state index contributed by atoms with van der Waals surface area (Å²) in [6.07, 6.45) is -1.57. The number of aryl methyl sites for hydroxylation is 2. The number of hydrogen-bond acceptors (Lipinski definition) is 4. The van der Waals surface area contributed by atoms with Gasteiger partial charge in [0.25, 0.3) is 0 Å². The van der Waals surface area contributed by atoms with E-state index in [0.29, 0.717) is 11.4 Å². The molecule has 0 aliphatic rings. The van der Waals surface area contributed by atoms with Crippen LogP contribution in [0.15, 0.2) is 35.2 Å². The summed E-state index contributed by atoms with van der Waals surface area (Å²) in [5.41, 5.74) is 2.87. The zero-order valence-electron chi connectivity index (χ0n) is 14.6. The van der Waals surface area contributed by atoms with Crippen molar-refractivity contribution in [3.05, 3.63) is 58.0 Å². The molecular weight excluding hydrogens is 450 g/mol. The molecule has 0 bridgehead atoms. The van der Waals surface area contributed by atoms with Crippen molar-refractivity contribution >= 4 is 27.5 Å². The molecule has 0 amide bonds. The third-order valence-corrected chi connectivity index (χ3v) is 4.32. The SMILES string of the molecule is Cc1cc(OCc2ncccc2F)c2nc(C)c(Br)n2c1.O=C(O)C(F)(F)F. The molecule has 3 aromatic heterocycles. The lowest BCUT2D eigenvalue weighted by Crippen LogP contribution is -2.21. The number of aromatic nitrogens is 3. The third-order valence-electron chi connectivity index (χ3n) is 3.37. The second-order valence-corrected chi connectivity index (χ2v) is 6.34. The number of halogens is 5. The number of fused-ring (bicyclic) bond motifs is 1. The summed E-state index contributed by atoms with van der Waals surface area (Å²) in [7, 11) is 0. The second-order valence-electron chi connectivity index (χ2n) is 5.59. The molecule has 0 saturated carbocycles. The standard InChI is InChI=1S/C15H13BrFN3O.C2HF3O2/c1-9-6-13(15-19-10(2)14(16)20(15)7-9)21-8-12-11(17)4-3-5-18-12;3-2(4,5)1(6)7/h3-7H,8H2,1-2H3;(H,6,7). The summed E-state index contributed by atoms with van der Waals surface area (Å²) in [5.74, 6) is -2.52. The molecule has 11 heteroatoms. The van der Waals surface area contributed by atoms with Crippen molar-refractivity contribution in [2.75, 3.05) is 0 Å². The number of rotatable bonds is 3. The monoisotopic (exact) mass is 463 g/mol. The van der Waals surface area contributed by atoms with Crippen LogP contribution in [0.5, 0.6) is 5.75 Å². The minimum absolute atomic E-state index is 0.0648. The van der Waals surface area contributed by atoms with E-state index < -0.39 is 12.1 Å². The lowest BCUT2D eigenvalue weighted by molar-refractivity contribution is -0.192. The first-order chi connectivity index (χ1) is 13.0. The Morgan fingerprint density at radius 1 is 1.36 bits per heavy atom. The van der Waals surface area contributed by atoms with Gasteiger partial charge in [-0.05, 0) is 53.5 Å². The fourth-order valence-electron chi connectivity index (χ4n) is 2.11. The van der Waals surface area contributed by atoms with E-state index in [2.05, 4.69) is 25.9 Å². The maximum Gasteiger partial charge on any atom is 0.490 e. The van der Waals surface area contributed by atoms with Crippen molar-refractivity contribution in [2.24, 2.45) is 0 Å². The van der Waals surface area contributed by atoms with Crippen LogP contribution in [0.25, 0.3) is 5.65 Å². The normalized spacial score (nSPS) is 11.1. The van der Waals surface area contributed by atoms with Gasteiger partial charge in [-0.15, -0.1) is 0 Å². The van der Waals surface area contributed by atoms with Gasteiger partial charge in [-0.3, -0.25) is 9.38 Å². The van der Waals surface area contributed by atoms with Crippen molar-refractivity contribution in [2.45, 2.75) is 26.6 Å². The Morgan fingerprint density at radius 2 is 2.00 bits per heavy atom. The largest absolute Gasteiger partial charge is 0.490 e. The van der Waals surface area contributed by atoms with E-state index in [9.17, 15) is 17.6 Å². The topological polar surface area (TPSA) is 76.7 Å². The number of nitrogens with zero attached hydrogens (tertiary/aromatic N) is 3. The molecule has 0 spiro atoms. The molecule has 0 aliphatic carbocycles. The zero-order valence-corrected chi connectivity index (χ0v) is 16.2.